The molecule has 1 N–H and O–H groups in total. The first-order valence-electron chi connectivity index (χ1n) is 6.75. The molecule has 0 radical (unpaired) electrons. The smallest absolute Gasteiger partial charge is 0.132 e. The predicted octanol–water partition coefficient (Wildman–Crippen LogP) is 4.33. The maximum atomic E-state index is 14.2. The van der Waals surface area contributed by atoms with E-state index in [0.717, 1.165) is 6.54 Å². The van der Waals surface area contributed by atoms with Crippen LogP contribution in [0.4, 0.5) is 8.78 Å². The lowest BCUT2D eigenvalue weighted by Gasteiger charge is -2.29. The molecule has 0 aromatic heterocycles. The fraction of sp³-hybridized carbons (Fsp3) is 0.625. The highest BCUT2D eigenvalue weighted by atomic mass is 19.1. The van der Waals surface area contributed by atoms with Crippen LogP contribution in [0, 0.1) is 18.6 Å². The van der Waals surface area contributed by atoms with Crippen LogP contribution in [0.1, 0.15) is 52.2 Å². The molecule has 19 heavy (non-hydrogen) atoms. The van der Waals surface area contributed by atoms with Crippen molar-refractivity contribution in [2.24, 2.45) is 0 Å². The summed E-state index contributed by atoms with van der Waals surface area (Å²) in [5.74, 6) is -0.871. The van der Waals surface area contributed by atoms with Gasteiger partial charge in [-0.15, -0.1) is 0 Å². The molecule has 0 fully saturated rings. The highest BCUT2D eigenvalue weighted by molar-refractivity contribution is 5.32. The Morgan fingerprint density at radius 1 is 1.05 bits per heavy atom. The van der Waals surface area contributed by atoms with E-state index in [1.54, 1.807) is 6.92 Å². The first kappa shape index (κ1) is 16.1. The molecule has 1 aromatic rings. The first-order chi connectivity index (χ1) is 8.54. The quantitative estimate of drug-likeness (QED) is 0.858. The topological polar surface area (TPSA) is 12.0 Å². The molecule has 0 heterocycles. The number of halogens is 2. The maximum absolute atomic E-state index is 14.2. The summed E-state index contributed by atoms with van der Waals surface area (Å²) in [7, 11) is 0. The van der Waals surface area contributed by atoms with Crippen molar-refractivity contribution < 1.29 is 8.78 Å². The summed E-state index contributed by atoms with van der Waals surface area (Å²) in [6, 6.07) is 2.84. The van der Waals surface area contributed by atoms with Crippen LogP contribution in [0.5, 0.6) is 0 Å². The van der Waals surface area contributed by atoms with E-state index in [1.165, 1.54) is 12.1 Å². The molecular formula is C16H25F2N. The molecule has 1 nitrogen and oxygen atoms in total. The average molecular weight is 269 g/mol. The summed E-state index contributed by atoms with van der Waals surface area (Å²) in [6.07, 6.45) is 0.682. The fourth-order valence-corrected chi connectivity index (χ4v) is 2.15. The second-order valence-corrected chi connectivity index (χ2v) is 6.86. The lowest BCUT2D eigenvalue weighted by Crippen LogP contribution is -2.38. The largest absolute Gasteiger partial charge is 0.312 e. The van der Waals surface area contributed by atoms with Crippen LogP contribution < -0.4 is 5.32 Å². The Balaban J connectivity index is 2.91. The van der Waals surface area contributed by atoms with Crippen molar-refractivity contribution in [1.29, 1.82) is 0 Å². The van der Waals surface area contributed by atoms with E-state index in [1.807, 2.05) is 13.8 Å². The molecule has 0 saturated heterocycles. The fourth-order valence-electron chi connectivity index (χ4n) is 2.15. The van der Waals surface area contributed by atoms with E-state index in [-0.39, 0.29) is 11.1 Å². The summed E-state index contributed by atoms with van der Waals surface area (Å²) in [5.41, 5.74) is 0.176. The minimum Gasteiger partial charge on any atom is -0.312 e. The molecule has 3 heteroatoms. The predicted molar refractivity (Wildman–Crippen MR) is 76.5 cm³/mol. The minimum atomic E-state index is -0.529. The van der Waals surface area contributed by atoms with Crippen molar-refractivity contribution in [1.82, 2.24) is 5.32 Å². The van der Waals surface area contributed by atoms with Gasteiger partial charge in [0, 0.05) is 11.1 Å². The summed E-state index contributed by atoms with van der Waals surface area (Å²) in [4.78, 5) is 0. The molecular weight excluding hydrogens is 244 g/mol. The van der Waals surface area contributed by atoms with Gasteiger partial charge in [0.05, 0.1) is 0 Å². The Kier molecular flexibility index (Phi) is 4.72. The van der Waals surface area contributed by atoms with Gasteiger partial charge in [0.2, 0.25) is 0 Å². The van der Waals surface area contributed by atoms with Crippen molar-refractivity contribution in [3.05, 3.63) is 34.9 Å². The summed E-state index contributed by atoms with van der Waals surface area (Å²) >= 11 is 0. The number of rotatable bonds is 4. The highest BCUT2D eigenvalue weighted by Crippen LogP contribution is 2.32. The number of benzene rings is 1. The lowest BCUT2D eigenvalue weighted by molar-refractivity contribution is 0.363. The summed E-state index contributed by atoms with van der Waals surface area (Å²) in [5, 5.41) is 3.36. The zero-order chi connectivity index (χ0) is 14.8. The number of hydrogen-bond donors (Lipinski definition) is 1. The van der Waals surface area contributed by atoms with Gasteiger partial charge in [0.25, 0.3) is 0 Å². The maximum Gasteiger partial charge on any atom is 0.132 e. The Morgan fingerprint density at radius 2 is 1.63 bits per heavy atom. The number of aryl methyl sites for hydroxylation is 1. The molecule has 0 aliphatic heterocycles. The highest BCUT2D eigenvalue weighted by Gasteiger charge is 2.28. The molecule has 1 rings (SSSR count). The van der Waals surface area contributed by atoms with Crippen molar-refractivity contribution >= 4 is 0 Å². The van der Waals surface area contributed by atoms with Gasteiger partial charge in [-0.2, -0.15) is 0 Å². The van der Waals surface area contributed by atoms with Crippen LogP contribution in [0.3, 0.4) is 0 Å². The third-order valence-electron chi connectivity index (χ3n) is 3.37. The van der Waals surface area contributed by atoms with Crippen molar-refractivity contribution in [3.63, 3.8) is 0 Å². The van der Waals surface area contributed by atoms with Gasteiger partial charge in [-0.3, -0.25) is 0 Å². The van der Waals surface area contributed by atoms with Gasteiger partial charge in [-0.25, -0.2) is 8.78 Å². The van der Waals surface area contributed by atoms with E-state index in [2.05, 4.69) is 26.1 Å². The standard InChI is InChI=1S/C16H25F2N/c1-11-7-8-12(17)13(14(11)18)16(5,6)9-10-19-15(2,3)4/h7-8,19H,9-10H2,1-6H3. The Hall–Kier alpha value is -0.960. The molecule has 108 valence electrons. The summed E-state index contributed by atoms with van der Waals surface area (Å²) < 4.78 is 28.1. The zero-order valence-electron chi connectivity index (χ0n) is 12.8. The van der Waals surface area contributed by atoms with Crippen molar-refractivity contribution in [2.75, 3.05) is 6.54 Å². The van der Waals surface area contributed by atoms with E-state index >= 15 is 0 Å². The first-order valence-corrected chi connectivity index (χ1v) is 6.75. The third-order valence-corrected chi connectivity index (χ3v) is 3.37. The molecule has 0 saturated carbocycles. The SMILES string of the molecule is Cc1ccc(F)c(C(C)(C)CCNC(C)(C)C)c1F. The van der Waals surface area contributed by atoms with Crippen LogP contribution >= 0.6 is 0 Å². The Labute approximate surface area is 115 Å². The molecule has 0 amide bonds. The van der Waals surface area contributed by atoms with Crippen LogP contribution in [0.25, 0.3) is 0 Å². The lowest BCUT2D eigenvalue weighted by atomic mass is 9.80. The normalized spacial score (nSPS) is 12.8. The van der Waals surface area contributed by atoms with Gasteiger partial charge < -0.3 is 5.32 Å². The van der Waals surface area contributed by atoms with Crippen LogP contribution in [-0.4, -0.2) is 12.1 Å². The van der Waals surface area contributed by atoms with E-state index < -0.39 is 17.0 Å². The Morgan fingerprint density at radius 3 is 2.16 bits per heavy atom. The Bertz CT molecular complexity index is 445. The molecule has 0 aliphatic rings. The number of hydrogen-bond acceptors (Lipinski definition) is 1. The van der Waals surface area contributed by atoms with Gasteiger partial charge in [-0.05, 0) is 57.7 Å². The van der Waals surface area contributed by atoms with Crippen LogP contribution in [0.15, 0.2) is 12.1 Å². The average Bonchev–Trinajstić information content (AvgIpc) is 2.21. The minimum absolute atomic E-state index is 0.0137. The van der Waals surface area contributed by atoms with Crippen molar-refractivity contribution in [3.8, 4) is 0 Å². The monoisotopic (exact) mass is 269 g/mol. The van der Waals surface area contributed by atoms with Gasteiger partial charge in [0.15, 0.2) is 0 Å². The second kappa shape index (κ2) is 5.58. The van der Waals surface area contributed by atoms with E-state index in [0.29, 0.717) is 12.0 Å². The van der Waals surface area contributed by atoms with Crippen LogP contribution in [0.2, 0.25) is 0 Å². The third kappa shape index (κ3) is 4.27. The molecule has 1 aromatic carbocycles. The molecule has 0 spiro atoms. The molecule has 0 unspecified atom stereocenters. The van der Waals surface area contributed by atoms with Gasteiger partial charge >= 0.3 is 0 Å². The molecule has 0 bridgehead atoms. The molecule has 0 aliphatic carbocycles. The van der Waals surface area contributed by atoms with Crippen LogP contribution in [-0.2, 0) is 5.41 Å². The van der Waals surface area contributed by atoms with Crippen molar-refractivity contribution in [2.45, 2.75) is 58.9 Å². The number of nitrogens with one attached hydrogen (secondary N) is 1. The van der Waals surface area contributed by atoms with Gasteiger partial charge in [-0.1, -0.05) is 19.9 Å². The summed E-state index contributed by atoms with van der Waals surface area (Å²) in [6.45, 7) is 12.4. The second-order valence-electron chi connectivity index (χ2n) is 6.86. The zero-order valence-corrected chi connectivity index (χ0v) is 12.8. The van der Waals surface area contributed by atoms with E-state index in [4.69, 9.17) is 0 Å². The van der Waals surface area contributed by atoms with Gasteiger partial charge in [0.1, 0.15) is 11.6 Å². The molecule has 0 atom stereocenters. The van der Waals surface area contributed by atoms with E-state index in [9.17, 15) is 8.78 Å².